The van der Waals surface area contributed by atoms with E-state index >= 15 is 0 Å². The maximum atomic E-state index is 6.23. The second kappa shape index (κ2) is 10.0. The smallest absolute Gasteiger partial charge is 0.0496 e. The van der Waals surface area contributed by atoms with E-state index in [1.54, 1.807) is 11.8 Å². The van der Waals surface area contributed by atoms with E-state index in [2.05, 4.69) is 85.8 Å². The number of hydrogen-bond acceptors (Lipinski definition) is 3. The van der Waals surface area contributed by atoms with Gasteiger partial charge in [0.25, 0.3) is 0 Å². The zero-order chi connectivity index (χ0) is 19.9. The Balaban J connectivity index is 1.69. The number of benzene rings is 3. The first-order valence-electron chi connectivity index (χ1n) is 9.54. The molecule has 3 aromatic carbocycles. The molecule has 0 aromatic heterocycles. The summed E-state index contributed by atoms with van der Waals surface area (Å²) in [4.78, 5) is 4.61. The Labute approximate surface area is 177 Å². The van der Waals surface area contributed by atoms with Crippen LogP contribution in [0, 0.1) is 6.92 Å². The molecule has 0 aliphatic heterocycles. The van der Waals surface area contributed by atoms with Crippen LogP contribution in [0.3, 0.4) is 0 Å². The second-order valence-corrected chi connectivity index (χ2v) is 8.77. The Morgan fingerprint density at radius 1 is 0.893 bits per heavy atom. The van der Waals surface area contributed by atoms with Crippen molar-refractivity contribution < 1.29 is 0 Å². The molecule has 0 radical (unpaired) electrons. The summed E-state index contributed by atoms with van der Waals surface area (Å²) in [5.41, 5.74) is 4.86. The number of aryl methyl sites for hydroxylation is 1. The van der Waals surface area contributed by atoms with Crippen LogP contribution < -0.4 is 5.32 Å². The molecule has 2 nitrogen and oxygen atoms in total. The molecule has 3 aromatic rings. The highest BCUT2D eigenvalue weighted by Gasteiger charge is 2.07. The first-order valence-corrected chi connectivity index (χ1v) is 10.7. The largest absolute Gasteiger partial charge is 0.384 e. The second-order valence-electron chi connectivity index (χ2n) is 7.22. The highest BCUT2D eigenvalue weighted by Crippen LogP contribution is 2.36. The first kappa shape index (κ1) is 20.8. The number of nitrogens with one attached hydrogen (secondary N) is 1. The average Bonchev–Trinajstić information content (AvgIpc) is 2.68. The SMILES string of the molecule is Cc1ccc(-c2ccc(Sc3ccc(Cl)cc3NCCCN(C)C)cc2)cc1. The van der Waals surface area contributed by atoms with Gasteiger partial charge in [0, 0.05) is 27.0 Å². The molecule has 1 N–H and O–H groups in total. The van der Waals surface area contributed by atoms with E-state index in [-0.39, 0.29) is 0 Å². The zero-order valence-electron chi connectivity index (χ0n) is 16.7. The summed E-state index contributed by atoms with van der Waals surface area (Å²) in [5, 5.41) is 4.30. The van der Waals surface area contributed by atoms with E-state index in [1.165, 1.54) is 26.5 Å². The lowest BCUT2D eigenvalue weighted by atomic mass is 10.0. The van der Waals surface area contributed by atoms with Gasteiger partial charge >= 0.3 is 0 Å². The van der Waals surface area contributed by atoms with Gasteiger partial charge in [0.1, 0.15) is 0 Å². The fraction of sp³-hybridized carbons (Fsp3) is 0.250. The molecule has 0 heterocycles. The lowest BCUT2D eigenvalue weighted by molar-refractivity contribution is 0.405. The van der Waals surface area contributed by atoms with E-state index in [1.807, 2.05) is 12.1 Å². The van der Waals surface area contributed by atoms with Crippen LogP contribution in [0.5, 0.6) is 0 Å². The van der Waals surface area contributed by atoms with Crippen LogP contribution in [-0.4, -0.2) is 32.1 Å². The van der Waals surface area contributed by atoms with Gasteiger partial charge < -0.3 is 10.2 Å². The molecule has 0 unspecified atom stereocenters. The molecule has 4 heteroatoms. The van der Waals surface area contributed by atoms with Crippen LogP contribution in [0.25, 0.3) is 11.1 Å². The van der Waals surface area contributed by atoms with Crippen molar-refractivity contribution in [3.05, 3.63) is 77.3 Å². The Morgan fingerprint density at radius 2 is 1.54 bits per heavy atom. The molecule has 0 aliphatic rings. The number of hydrogen-bond donors (Lipinski definition) is 1. The molecule has 0 saturated carbocycles. The predicted octanol–water partition coefficient (Wildman–Crippen LogP) is 6.83. The lowest BCUT2D eigenvalue weighted by Crippen LogP contribution is -2.16. The number of rotatable bonds is 8. The molecular weight excluding hydrogens is 384 g/mol. The third kappa shape index (κ3) is 6.03. The first-order chi connectivity index (χ1) is 13.5. The Morgan fingerprint density at radius 3 is 2.18 bits per heavy atom. The van der Waals surface area contributed by atoms with Gasteiger partial charge in [0.05, 0.1) is 0 Å². The molecule has 0 spiro atoms. The van der Waals surface area contributed by atoms with Gasteiger partial charge in [-0.3, -0.25) is 0 Å². The van der Waals surface area contributed by atoms with E-state index in [0.29, 0.717) is 0 Å². The standard InChI is InChI=1S/C24H27ClN2S/c1-18-5-7-19(8-6-18)20-9-12-22(13-10-20)28-24-14-11-21(25)17-23(24)26-15-4-16-27(2)3/h5-14,17,26H,4,15-16H2,1-3H3. The predicted molar refractivity (Wildman–Crippen MR) is 124 cm³/mol. The van der Waals surface area contributed by atoms with Crippen molar-refractivity contribution >= 4 is 29.1 Å². The maximum absolute atomic E-state index is 6.23. The van der Waals surface area contributed by atoms with Crippen molar-refractivity contribution in [3.63, 3.8) is 0 Å². The molecule has 146 valence electrons. The third-order valence-electron chi connectivity index (χ3n) is 4.51. The van der Waals surface area contributed by atoms with Crippen molar-refractivity contribution in [3.8, 4) is 11.1 Å². The van der Waals surface area contributed by atoms with Crippen molar-refractivity contribution in [2.45, 2.75) is 23.1 Å². The van der Waals surface area contributed by atoms with Gasteiger partial charge in [0.2, 0.25) is 0 Å². The van der Waals surface area contributed by atoms with E-state index in [4.69, 9.17) is 11.6 Å². The van der Waals surface area contributed by atoms with Gasteiger partial charge in [0.15, 0.2) is 0 Å². The number of anilines is 1. The monoisotopic (exact) mass is 410 g/mol. The Bertz CT molecular complexity index is 889. The van der Waals surface area contributed by atoms with Crippen LogP contribution in [-0.2, 0) is 0 Å². The van der Waals surface area contributed by atoms with Crippen molar-refractivity contribution in [1.82, 2.24) is 4.90 Å². The molecular formula is C24H27ClN2S. The summed E-state index contributed by atoms with van der Waals surface area (Å²) in [7, 11) is 4.20. The Kier molecular flexibility index (Phi) is 7.43. The third-order valence-corrected chi connectivity index (χ3v) is 5.83. The minimum Gasteiger partial charge on any atom is -0.384 e. The highest BCUT2D eigenvalue weighted by molar-refractivity contribution is 7.99. The van der Waals surface area contributed by atoms with Gasteiger partial charge in [-0.2, -0.15) is 0 Å². The highest BCUT2D eigenvalue weighted by atomic mass is 35.5. The quantitative estimate of drug-likeness (QED) is 0.409. The van der Waals surface area contributed by atoms with Crippen molar-refractivity contribution in [2.24, 2.45) is 0 Å². The number of halogens is 1. The van der Waals surface area contributed by atoms with Gasteiger partial charge in [-0.25, -0.2) is 0 Å². The zero-order valence-corrected chi connectivity index (χ0v) is 18.3. The summed E-state index contributed by atoms with van der Waals surface area (Å²) >= 11 is 7.99. The molecule has 0 atom stereocenters. The van der Waals surface area contributed by atoms with E-state index in [0.717, 1.165) is 30.2 Å². The van der Waals surface area contributed by atoms with Crippen molar-refractivity contribution in [1.29, 1.82) is 0 Å². The minimum absolute atomic E-state index is 0.758. The molecule has 0 amide bonds. The summed E-state index contributed by atoms with van der Waals surface area (Å²) < 4.78 is 0. The Hall–Kier alpha value is -1.94. The minimum atomic E-state index is 0.758. The van der Waals surface area contributed by atoms with Gasteiger partial charge in [-0.05, 0) is 75.4 Å². The summed E-state index contributed by atoms with van der Waals surface area (Å²) in [6.45, 7) is 4.11. The summed E-state index contributed by atoms with van der Waals surface area (Å²) in [5.74, 6) is 0. The van der Waals surface area contributed by atoms with Crippen LogP contribution in [0.4, 0.5) is 5.69 Å². The molecule has 28 heavy (non-hydrogen) atoms. The molecule has 0 aliphatic carbocycles. The van der Waals surface area contributed by atoms with E-state index < -0.39 is 0 Å². The maximum Gasteiger partial charge on any atom is 0.0496 e. The van der Waals surface area contributed by atoms with Crippen LogP contribution in [0.2, 0.25) is 5.02 Å². The lowest BCUT2D eigenvalue weighted by Gasteiger charge is -2.14. The fourth-order valence-electron chi connectivity index (χ4n) is 2.94. The van der Waals surface area contributed by atoms with Gasteiger partial charge in [-0.1, -0.05) is 65.3 Å². The van der Waals surface area contributed by atoms with Crippen LogP contribution in [0.1, 0.15) is 12.0 Å². The molecule has 0 saturated heterocycles. The summed E-state index contributed by atoms with van der Waals surface area (Å²) in [6.07, 6.45) is 1.09. The van der Waals surface area contributed by atoms with Crippen molar-refractivity contribution in [2.75, 3.05) is 32.5 Å². The normalized spacial score (nSPS) is 11.0. The molecule has 0 bridgehead atoms. The van der Waals surface area contributed by atoms with Crippen LogP contribution in [0.15, 0.2) is 76.5 Å². The van der Waals surface area contributed by atoms with Gasteiger partial charge in [-0.15, -0.1) is 0 Å². The molecule has 0 fully saturated rings. The topological polar surface area (TPSA) is 15.3 Å². The molecule has 3 rings (SSSR count). The van der Waals surface area contributed by atoms with Crippen LogP contribution >= 0.6 is 23.4 Å². The summed E-state index contributed by atoms with van der Waals surface area (Å²) in [6, 6.07) is 23.5. The fourth-order valence-corrected chi connectivity index (χ4v) is 4.01. The number of nitrogens with zero attached hydrogens (tertiary/aromatic N) is 1. The van der Waals surface area contributed by atoms with E-state index in [9.17, 15) is 0 Å². The average molecular weight is 411 g/mol.